The van der Waals surface area contributed by atoms with Crippen LogP contribution in [0.1, 0.15) is 5.56 Å². The molecule has 2 aromatic carbocycles. The van der Waals surface area contributed by atoms with Gasteiger partial charge in [0.05, 0.1) is 6.21 Å². The summed E-state index contributed by atoms with van der Waals surface area (Å²) in [5.41, 5.74) is 3.41. The minimum atomic E-state index is -0.856. The lowest BCUT2D eigenvalue weighted by Gasteiger charge is -2.04. The maximum Gasteiger partial charge on any atom is 0.329 e. The molecule has 7 heteroatoms. The van der Waals surface area contributed by atoms with Gasteiger partial charge < -0.3 is 5.32 Å². The second kappa shape index (κ2) is 7.72. The van der Waals surface area contributed by atoms with Crippen molar-refractivity contribution < 1.29 is 9.59 Å². The van der Waals surface area contributed by atoms with Gasteiger partial charge in [0.2, 0.25) is 0 Å². The number of hydrogen-bond acceptors (Lipinski definition) is 3. The Labute approximate surface area is 140 Å². The molecule has 0 heterocycles. The van der Waals surface area contributed by atoms with Crippen molar-refractivity contribution in [3.05, 3.63) is 63.6 Å². The summed E-state index contributed by atoms with van der Waals surface area (Å²) in [4.78, 5) is 23.3. The van der Waals surface area contributed by atoms with Gasteiger partial charge in [-0.05, 0) is 35.9 Å². The molecular formula is C15H11BrClN3O2. The normalized spacial score (nSPS) is 10.5. The number of nitrogens with one attached hydrogen (secondary N) is 2. The van der Waals surface area contributed by atoms with Crippen molar-refractivity contribution in [3.8, 4) is 0 Å². The van der Waals surface area contributed by atoms with Crippen LogP contribution in [0.4, 0.5) is 5.69 Å². The van der Waals surface area contributed by atoms with Gasteiger partial charge in [0, 0.05) is 15.2 Å². The van der Waals surface area contributed by atoms with Crippen LogP contribution in [0.25, 0.3) is 0 Å². The van der Waals surface area contributed by atoms with Crippen LogP contribution in [0.5, 0.6) is 0 Å². The molecule has 0 aliphatic rings. The lowest BCUT2D eigenvalue weighted by molar-refractivity contribution is -0.136. The molecule has 0 aromatic heterocycles. The molecule has 22 heavy (non-hydrogen) atoms. The average molecular weight is 381 g/mol. The Morgan fingerprint density at radius 3 is 2.50 bits per heavy atom. The number of amides is 2. The van der Waals surface area contributed by atoms with Crippen molar-refractivity contribution in [2.75, 3.05) is 5.32 Å². The van der Waals surface area contributed by atoms with Crippen LogP contribution in [-0.4, -0.2) is 18.0 Å². The van der Waals surface area contributed by atoms with Crippen LogP contribution in [-0.2, 0) is 9.59 Å². The monoisotopic (exact) mass is 379 g/mol. The van der Waals surface area contributed by atoms with Gasteiger partial charge in [-0.15, -0.1) is 0 Å². The Kier molecular flexibility index (Phi) is 5.68. The Morgan fingerprint density at radius 2 is 1.82 bits per heavy atom. The minimum absolute atomic E-state index is 0.510. The van der Waals surface area contributed by atoms with E-state index < -0.39 is 11.8 Å². The van der Waals surface area contributed by atoms with Crippen LogP contribution in [0.15, 0.2) is 58.1 Å². The van der Waals surface area contributed by atoms with Gasteiger partial charge in [0.1, 0.15) is 0 Å². The van der Waals surface area contributed by atoms with Crippen LogP contribution in [0, 0.1) is 0 Å². The zero-order valence-corrected chi connectivity index (χ0v) is 13.6. The molecule has 2 aromatic rings. The largest absolute Gasteiger partial charge is 0.329 e. The lowest BCUT2D eigenvalue weighted by Crippen LogP contribution is -2.32. The summed E-state index contributed by atoms with van der Waals surface area (Å²) in [5, 5.41) is 6.79. The predicted octanol–water partition coefficient (Wildman–Crippen LogP) is 3.19. The van der Waals surface area contributed by atoms with Crippen molar-refractivity contribution in [2.45, 2.75) is 0 Å². The highest BCUT2D eigenvalue weighted by atomic mass is 79.9. The second-order valence-electron chi connectivity index (χ2n) is 4.22. The highest BCUT2D eigenvalue weighted by Gasteiger charge is 2.12. The zero-order chi connectivity index (χ0) is 15.9. The van der Waals surface area contributed by atoms with Crippen molar-refractivity contribution in [1.82, 2.24) is 5.43 Å². The Bertz CT molecular complexity index is 717. The molecule has 0 fully saturated rings. The fraction of sp³-hybridized carbons (Fsp3) is 0. The molecule has 112 valence electrons. The highest BCUT2D eigenvalue weighted by molar-refractivity contribution is 9.10. The van der Waals surface area contributed by atoms with Gasteiger partial charge >= 0.3 is 11.8 Å². The maximum absolute atomic E-state index is 11.7. The van der Waals surface area contributed by atoms with Crippen molar-refractivity contribution in [1.29, 1.82) is 0 Å². The van der Waals surface area contributed by atoms with E-state index in [9.17, 15) is 9.59 Å². The predicted molar refractivity (Wildman–Crippen MR) is 90.0 cm³/mol. The van der Waals surface area contributed by atoms with Gasteiger partial charge in [-0.1, -0.05) is 45.7 Å². The number of hydrazone groups is 1. The van der Waals surface area contributed by atoms with Gasteiger partial charge in [-0.25, -0.2) is 5.43 Å². The van der Waals surface area contributed by atoms with Crippen LogP contribution in [0.2, 0.25) is 5.02 Å². The average Bonchev–Trinajstić information content (AvgIpc) is 2.49. The Hall–Kier alpha value is -2.18. The molecule has 0 unspecified atom stereocenters. The second-order valence-corrected chi connectivity index (χ2v) is 5.57. The molecule has 0 radical (unpaired) electrons. The fourth-order valence-electron chi connectivity index (χ4n) is 1.52. The Balaban J connectivity index is 1.89. The van der Waals surface area contributed by atoms with Crippen LogP contribution >= 0.6 is 27.5 Å². The van der Waals surface area contributed by atoms with E-state index >= 15 is 0 Å². The zero-order valence-electron chi connectivity index (χ0n) is 11.2. The van der Waals surface area contributed by atoms with E-state index in [1.165, 1.54) is 6.21 Å². The van der Waals surface area contributed by atoms with E-state index in [1.807, 2.05) is 6.07 Å². The molecule has 0 aliphatic heterocycles. The summed E-state index contributed by atoms with van der Waals surface area (Å²) in [5.74, 6) is -1.66. The molecule has 0 bridgehead atoms. The standard InChI is InChI=1S/C15H11BrClN3O2/c16-11-2-1-3-13(8-11)19-14(21)15(22)20-18-9-10-4-6-12(17)7-5-10/h1-9H,(H,19,21)(H,20,22)/b18-9-. The molecule has 0 aliphatic carbocycles. The van der Waals surface area contributed by atoms with Crippen molar-refractivity contribution in [2.24, 2.45) is 5.10 Å². The number of halogens is 2. The molecule has 0 atom stereocenters. The summed E-state index contributed by atoms with van der Waals surface area (Å²) in [6.07, 6.45) is 1.42. The first-order chi connectivity index (χ1) is 10.5. The fourth-order valence-corrected chi connectivity index (χ4v) is 2.04. The number of carbonyl (C=O) groups is 2. The van der Waals surface area contributed by atoms with Gasteiger partial charge in [0.25, 0.3) is 0 Å². The van der Waals surface area contributed by atoms with Gasteiger partial charge in [0.15, 0.2) is 0 Å². The molecule has 0 saturated heterocycles. The van der Waals surface area contributed by atoms with Crippen molar-refractivity contribution in [3.63, 3.8) is 0 Å². The summed E-state index contributed by atoms with van der Waals surface area (Å²) >= 11 is 9.03. The highest BCUT2D eigenvalue weighted by Crippen LogP contribution is 2.15. The third kappa shape index (κ3) is 4.98. The SMILES string of the molecule is O=C(N/N=C\c1ccc(Cl)cc1)C(=O)Nc1cccc(Br)c1. The van der Waals surface area contributed by atoms with E-state index in [-0.39, 0.29) is 0 Å². The summed E-state index contributed by atoms with van der Waals surface area (Å²) in [6, 6.07) is 13.8. The summed E-state index contributed by atoms with van der Waals surface area (Å²) in [7, 11) is 0. The molecule has 2 rings (SSSR count). The first-order valence-electron chi connectivity index (χ1n) is 6.20. The lowest BCUT2D eigenvalue weighted by atomic mass is 10.2. The van der Waals surface area contributed by atoms with Gasteiger partial charge in [-0.3, -0.25) is 9.59 Å². The number of benzene rings is 2. The molecule has 0 saturated carbocycles. The summed E-state index contributed by atoms with van der Waals surface area (Å²) < 4.78 is 0.798. The first-order valence-corrected chi connectivity index (χ1v) is 7.37. The topological polar surface area (TPSA) is 70.6 Å². The van der Waals surface area contributed by atoms with Crippen molar-refractivity contribution >= 4 is 51.2 Å². The van der Waals surface area contributed by atoms with E-state index in [2.05, 4.69) is 31.8 Å². The van der Waals surface area contributed by atoms with E-state index in [0.29, 0.717) is 10.7 Å². The summed E-state index contributed by atoms with van der Waals surface area (Å²) in [6.45, 7) is 0. The number of rotatable bonds is 3. The third-order valence-corrected chi connectivity index (χ3v) is 3.28. The van der Waals surface area contributed by atoms with Crippen LogP contribution < -0.4 is 10.7 Å². The Morgan fingerprint density at radius 1 is 1.09 bits per heavy atom. The number of carbonyl (C=O) groups excluding carboxylic acids is 2. The number of hydrogen-bond donors (Lipinski definition) is 2. The van der Waals surface area contributed by atoms with Crippen LogP contribution in [0.3, 0.4) is 0 Å². The molecular weight excluding hydrogens is 370 g/mol. The molecule has 5 nitrogen and oxygen atoms in total. The molecule has 0 spiro atoms. The quantitative estimate of drug-likeness (QED) is 0.488. The van der Waals surface area contributed by atoms with E-state index in [1.54, 1.807) is 42.5 Å². The maximum atomic E-state index is 11.7. The molecule has 2 amide bonds. The van der Waals surface area contributed by atoms with Gasteiger partial charge in [-0.2, -0.15) is 5.10 Å². The van der Waals surface area contributed by atoms with E-state index in [4.69, 9.17) is 11.6 Å². The van der Waals surface area contributed by atoms with E-state index in [0.717, 1.165) is 10.0 Å². The number of anilines is 1. The number of nitrogens with zero attached hydrogens (tertiary/aromatic N) is 1. The minimum Gasteiger partial charge on any atom is -0.318 e. The smallest absolute Gasteiger partial charge is 0.318 e. The first kappa shape index (κ1) is 16.2. The molecule has 2 N–H and O–H groups in total. The third-order valence-electron chi connectivity index (χ3n) is 2.54.